The average Bonchev–Trinajstić information content (AvgIpc) is 2.77. The Morgan fingerprint density at radius 1 is 1.09 bits per heavy atom. The van der Waals surface area contributed by atoms with Gasteiger partial charge in [-0.2, -0.15) is 0 Å². The number of rotatable bonds is 7. The number of nitrogens with zero attached hydrogens (tertiary/aromatic N) is 2. The average molecular weight is 445 g/mol. The van der Waals surface area contributed by atoms with Gasteiger partial charge in [0.2, 0.25) is 0 Å². The minimum absolute atomic E-state index is 0. The molecule has 8 heteroatoms. The molecule has 2 aromatic carbocycles. The molecule has 1 N–H and O–H groups in total. The van der Waals surface area contributed by atoms with Crippen LogP contribution in [0.4, 0.5) is 26.0 Å². The largest absolute Gasteiger partial charge is 1.00 e. The van der Waals surface area contributed by atoms with Crippen LogP contribution >= 0.6 is 0 Å². The van der Waals surface area contributed by atoms with Crippen LogP contribution in [0.15, 0.2) is 54.6 Å². The van der Waals surface area contributed by atoms with Crippen molar-refractivity contribution in [2.24, 2.45) is 0 Å². The van der Waals surface area contributed by atoms with Gasteiger partial charge in [-0.1, -0.05) is 12.1 Å². The smallest absolute Gasteiger partial charge is 0.550 e. The summed E-state index contributed by atoms with van der Waals surface area (Å²) >= 11 is 0. The maximum Gasteiger partial charge on any atom is 1.00 e. The van der Waals surface area contributed by atoms with Gasteiger partial charge < -0.3 is 20.1 Å². The van der Waals surface area contributed by atoms with Crippen LogP contribution in [0.3, 0.4) is 0 Å². The number of benzene rings is 2. The zero-order valence-corrected chi connectivity index (χ0v) is 19.9. The Kier molecular flexibility index (Phi) is 8.23. The van der Waals surface area contributed by atoms with Gasteiger partial charge in [-0.3, -0.25) is 0 Å². The number of halogens is 2. The van der Waals surface area contributed by atoms with E-state index in [9.17, 15) is 18.7 Å². The van der Waals surface area contributed by atoms with E-state index < -0.39 is 11.8 Å². The quantitative estimate of drug-likeness (QED) is 0.544. The van der Waals surface area contributed by atoms with Crippen LogP contribution in [0.5, 0.6) is 0 Å². The second-order valence-electron chi connectivity index (χ2n) is 7.55. The van der Waals surface area contributed by atoms with Crippen LogP contribution in [-0.4, -0.2) is 17.5 Å². The van der Waals surface area contributed by atoms with E-state index in [4.69, 9.17) is 4.98 Å². The fraction of sp³-hybridized carbons (Fsp3) is 0.250. The summed E-state index contributed by atoms with van der Waals surface area (Å²) in [5, 5.41) is 13.7. The molecule has 0 amide bonds. The molecule has 2 heterocycles. The molecule has 0 bridgehead atoms. The molecule has 160 valence electrons. The molecule has 0 atom stereocenters. The Labute approximate surface area is 207 Å². The van der Waals surface area contributed by atoms with E-state index in [2.05, 4.69) is 16.3 Å². The van der Waals surface area contributed by atoms with Crippen LogP contribution in [-0.2, 0) is 24.2 Å². The first kappa shape index (κ1) is 24.2. The van der Waals surface area contributed by atoms with Crippen LogP contribution in [0, 0.1) is 11.6 Å². The zero-order chi connectivity index (χ0) is 21.8. The third kappa shape index (κ3) is 5.85. The fourth-order valence-electron chi connectivity index (χ4n) is 3.74. The zero-order valence-electron chi connectivity index (χ0n) is 17.9. The van der Waals surface area contributed by atoms with Crippen molar-refractivity contribution in [3.05, 3.63) is 83.1 Å². The summed E-state index contributed by atoms with van der Waals surface area (Å²) in [6.45, 7) is 1.21. The predicted octanol–water partition coefficient (Wildman–Crippen LogP) is 0.743. The second kappa shape index (κ2) is 10.9. The Morgan fingerprint density at radius 3 is 2.59 bits per heavy atom. The molecular formula is C24H22F2N3NaO2. The summed E-state index contributed by atoms with van der Waals surface area (Å²) in [4.78, 5) is 17.5. The number of aryl methyl sites for hydroxylation is 2. The van der Waals surface area contributed by atoms with Crippen molar-refractivity contribution < 1.29 is 48.2 Å². The number of hydrogen-bond donors (Lipinski definition) is 1. The normalized spacial score (nSPS) is 12.6. The molecule has 1 aliphatic rings. The summed E-state index contributed by atoms with van der Waals surface area (Å²) in [6.07, 6.45) is 1.81. The van der Waals surface area contributed by atoms with Crippen molar-refractivity contribution in [3.63, 3.8) is 0 Å². The number of aliphatic carboxylic acids is 1. The summed E-state index contributed by atoms with van der Waals surface area (Å²) in [6, 6.07) is 15.1. The van der Waals surface area contributed by atoms with Gasteiger partial charge in [-0.15, -0.1) is 0 Å². The molecule has 0 saturated carbocycles. The number of hydrogen-bond acceptors (Lipinski definition) is 5. The van der Waals surface area contributed by atoms with Gasteiger partial charge in [0.05, 0.1) is 12.2 Å². The van der Waals surface area contributed by atoms with Gasteiger partial charge in [-0.05, 0) is 79.3 Å². The molecule has 0 fully saturated rings. The molecule has 5 nitrogen and oxygen atoms in total. The third-order valence-electron chi connectivity index (χ3n) is 5.36. The van der Waals surface area contributed by atoms with Crippen molar-refractivity contribution >= 4 is 23.2 Å². The van der Waals surface area contributed by atoms with Crippen molar-refractivity contribution in [3.8, 4) is 0 Å². The van der Waals surface area contributed by atoms with Gasteiger partial charge in [0.25, 0.3) is 0 Å². The number of fused-ring (bicyclic) bond motifs is 1. The first-order valence-corrected chi connectivity index (χ1v) is 10.2. The Bertz CT molecular complexity index is 1090. The maximum atomic E-state index is 14.2. The number of carbonyl (C=O) groups is 1. The van der Waals surface area contributed by atoms with Gasteiger partial charge in [0.1, 0.15) is 17.5 Å². The molecule has 0 unspecified atom stereocenters. The minimum atomic E-state index is -1.20. The van der Waals surface area contributed by atoms with E-state index in [1.807, 2.05) is 6.07 Å². The second-order valence-corrected chi connectivity index (χ2v) is 7.55. The third-order valence-corrected chi connectivity index (χ3v) is 5.36. The summed E-state index contributed by atoms with van der Waals surface area (Å²) in [7, 11) is 0. The van der Waals surface area contributed by atoms with E-state index in [1.165, 1.54) is 18.2 Å². The molecule has 32 heavy (non-hydrogen) atoms. The Morgan fingerprint density at radius 2 is 1.88 bits per heavy atom. The minimum Gasteiger partial charge on any atom is -0.550 e. The van der Waals surface area contributed by atoms with Crippen LogP contribution < -0.4 is 44.9 Å². The fourth-order valence-corrected chi connectivity index (χ4v) is 3.74. The molecule has 0 radical (unpaired) electrons. The number of carbonyl (C=O) groups excluding carboxylic acids is 1. The van der Waals surface area contributed by atoms with E-state index >= 15 is 0 Å². The number of anilines is 3. The molecule has 0 spiro atoms. The van der Waals surface area contributed by atoms with Gasteiger partial charge in [-0.25, -0.2) is 13.8 Å². The molecule has 1 aromatic heterocycles. The molecular weight excluding hydrogens is 423 g/mol. The standard InChI is InChI=1S/C24H23F2N3O2.Na/c25-18-6-10-21(11-7-18)29-13-1-2-17-4-9-20(28-24(17)29)15-27-19-8-3-16(22(26)14-19)5-12-23(30)31;/h3-4,6-11,14,27H,1-2,5,12-13,15H2,(H,30,31);/q;+1/p-1. The van der Waals surface area contributed by atoms with Gasteiger partial charge >= 0.3 is 29.6 Å². The number of carboxylic acids is 1. The van der Waals surface area contributed by atoms with Gasteiger partial charge in [0, 0.05) is 23.9 Å². The van der Waals surface area contributed by atoms with Gasteiger partial charge in [0.15, 0.2) is 0 Å². The van der Waals surface area contributed by atoms with Crippen molar-refractivity contribution in [2.75, 3.05) is 16.8 Å². The summed E-state index contributed by atoms with van der Waals surface area (Å²) < 4.78 is 27.5. The van der Waals surface area contributed by atoms with Crippen LogP contribution in [0.1, 0.15) is 29.7 Å². The van der Waals surface area contributed by atoms with Crippen LogP contribution in [0.2, 0.25) is 0 Å². The van der Waals surface area contributed by atoms with Crippen molar-refractivity contribution in [1.29, 1.82) is 0 Å². The summed E-state index contributed by atoms with van der Waals surface area (Å²) in [5.41, 5.74) is 3.77. The maximum absolute atomic E-state index is 14.2. The van der Waals surface area contributed by atoms with Crippen LogP contribution in [0.25, 0.3) is 0 Å². The van der Waals surface area contributed by atoms with E-state index in [-0.39, 0.29) is 48.2 Å². The number of aromatic nitrogens is 1. The van der Waals surface area contributed by atoms with E-state index in [1.54, 1.807) is 24.3 Å². The van der Waals surface area contributed by atoms with E-state index in [0.717, 1.165) is 42.1 Å². The summed E-state index contributed by atoms with van der Waals surface area (Å²) in [5.74, 6) is -1.06. The Hall–Kier alpha value is -2.48. The first-order valence-electron chi connectivity index (χ1n) is 10.2. The monoisotopic (exact) mass is 445 g/mol. The van der Waals surface area contributed by atoms with E-state index in [0.29, 0.717) is 17.8 Å². The number of carboxylic acid groups (broad SMARTS) is 1. The number of pyridine rings is 1. The predicted molar refractivity (Wildman–Crippen MR) is 113 cm³/mol. The molecule has 3 aromatic rings. The van der Waals surface area contributed by atoms with Crippen molar-refractivity contribution in [2.45, 2.75) is 32.2 Å². The molecule has 4 rings (SSSR count). The topological polar surface area (TPSA) is 68.3 Å². The first-order chi connectivity index (χ1) is 15.0. The number of nitrogens with one attached hydrogen (secondary N) is 1. The Balaban J connectivity index is 0.00000289. The SMILES string of the molecule is O=C([O-])CCc1ccc(NCc2ccc3c(n2)N(c2ccc(F)cc2)CCC3)cc1F.[Na+]. The van der Waals surface area contributed by atoms with Crippen molar-refractivity contribution in [1.82, 2.24) is 4.98 Å². The molecule has 0 aliphatic carbocycles. The molecule has 1 aliphatic heterocycles. The molecule has 0 saturated heterocycles.